The largest absolute Gasteiger partial charge is 0.245 e. The van der Waals surface area contributed by atoms with E-state index in [-0.39, 0.29) is 0 Å². The lowest BCUT2D eigenvalue weighted by Gasteiger charge is -2.01. The van der Waals surface area contributed by atoms with Gasteiger partial charge in [0.1, 0.15) is 0 Å². The van der Waals surface area contributed by atoms with Gasteiger partial charge in [-0.15, -0.1) is 0 Å². The third kappa shape index (κ3) is 1.36. The molecule has 3 rings (SSSR count). The van der Waals surface area contributed by atoms with Crippen molar-refractivity contribution >= 4 is 28.1 Å². The van der Waals surface area contributed by atoms with E-state index in [1.54, 1.807) is 0 Å². The van der Waals surface area contributed by atoms with Gasteiger partial charge in [-0.1, -0.05) is 30.9 Å². The molecule has 0 unspecified atom stereocenters. The Balaban J connectivity index is 2.41. The Morgan fingerprint density at radius 2 is 1.44 bits per heavy atom. The number of hydrogen-bond donors (Lipinski definition) is 0. The Hall–Kier alpha value is -2.22. The first kappa shape index (κ1) is 9.04. The predicted octanol–water partition coefficient (Wildman–Crippen LogP) is 3.43. The van der Waals surface area contributed by atoms with Crippen LogP contribution in [0.2, 0.25) is 0 Å². The molecule has 0 radical (unpaired) electrons. The van der Waals surface area contributed by atoms with Crippen LogP contribution in [0.4, 0.5) is 0 Å². The molecule has 0 N–H and O–H groups in total. The number of nitrogens with zero attached hydrogens (tertiary/aromatic N) is 2. The fourth-order valence-corrected chi connectivity index (χ4v) is 1.76. The molecule has 0 bridgehead atoms. The summed E-state index contributed by atoms with van der Waals surface area (Å²) in [6.07, 6.45) is 1.82. The summed E-state index contributed by atoms with van der Waals surface area (Å²) >= 11 is 0. The lowest BCUT2D eigenvalue weighted by atomic mass is 10.2. The standard InChI is InChI=1S/C14H10N2/c1-2-10-7-8-13-14(9-10)16-12-6-4-3-5-11(12)15-13/h2-9H,1H2. The van der Waals surface area contributed by atoms with E-state index in [1.807, 2.05) is 48.5 Å². The van der Waals surface area contributed by atoms with Crippen molar-refractivity contribution < 1.29 is 0 Å². The Kier molecular flexibility index (Phi) is 1.93. The smallest absolute Gasteiger partial charge is 0.0900 e. The summed E-state index contributed by atoms with van der Waals surface area (Å²) in [5, 5.41) is 0. The van der Waals surface area contributed by atoms with Crippen molar-refractivity contribution in [3.8, 4) is 0 Å². The van der Waals surface area contributed by atoms with E-state index in [0.29, 0.717) is 0 Å². The van der Waals surface area contributed by atoms with Crippen LogP contribution in [-0.4, -0.2) is 9.97 Å². The Morgan fingerprint density at radius 1 is 0.812 bits per heavy atom. The van der Waals surface area contributed by atoms with Crippen LogP contribution in [0.25, 0.3) is 28.1 Å². The van der Waals surface area contributed by atoms with Crippen LogP contribution in [0.3, 0.4) is 0 Å². The molecule has 0 amide bonds. The molecule has 3 aromatic rings. The summed E-state index contributed by atoms with van der Waals surface area (Å²) in [5.74, 6) is 0. The van der Waals surface area contributed by atoms with Crippen molar-refractivity contribution in [2.45, 2.75) is 0 Å². The molecule has 76 valence electrons. The average Bonchev–Trinajstić information content (AvgIpc) is 2.35. The van der Waals surface area contributed by atoms with E-state index in [9.17, 15) is 0 Å². The maximum Gasteiger partial charge on any atom is 0.0900 e. The van der Waals surface area contributed by atoms with E-state index in [4.69, 9.17) is 0 Å². The molecule has 2 aromatic carbocycles. The minimum Gasteiger partial charge on any atom is -0.245 e. The normalized spacial score (nSPS) is 10.8. The second kappa shape index (κ2) is 3.42. The Labute approximate surface area is 93.3 Å². The van der Waals surface area contributed by atoms with E-state index in [1.165, 1.54) is 0 Å². The van der Waals surface area contributed by atoms with Crippen LogP contribution in [0.5, 0.6) is 0 Å². The van der Waals surface area contributed by atoms with E-state index < -0.39 is 0 Å². The van der Waals surface area contributed by atoms with Crippen molar-refractivity contribution in [1.82, 2.24) is 9.97 Å². The minimum absolute atomic E-state index is 0.913. The van der Waals surface area contributed by atoms with Crippen molar-refractivity contribution in [2.75, 3.05) is 0 Å². The van der Waals surface area contributed by atoms with Gasteiger partial charge in [0.2, 0.25) is 0 Å². The number of para-hydroxylation sites is 2. The van der Waals surface area contributed by atoms with Crippen LogP contribution in [0.1, 0.15) is 5.56 Å². The molecule has 0 fully saturated rings. The summed E-state index contributed by atoms with van der Waals surface area (Å²) in [6.45, 7) is 3.75. The zero-order chi connectivity index (χ0) is 11.0. The first-order chi connectivity index (χ1) is 7.86. The minimum atomic E-state index is 0.913. The highest BCUT2D eigenvalue weighted by atomic mass is 14.8. The molecule has 1 heterocycles. The van der Waals surface area contributed by atoms with Gasteiger partial charge in [-0.3, -0.25) is 0 Å². The lowest BCUT2D eigenvalue weighted by molar-refractivity contribution is 1.39. The molecule has 0 spiro atoms. The molecule has 0 atom stereocenters. The maximum atomic E-state index is 4.58. The van der Waals surface area contributed by atoms with Gasteiger partial charge in [0, 0.05) is 0 Å². The first-order valence-corrected chi connectivity index (χ1v) is 5.16. The number of aromatic nitrogens is 2. The van der Waals surface area contributed by atoms with Crippen LogP contribution >= 0.6 is 0 Å². The van der Waals surface area contributed by atoms with Crippen LogP contribution in [-0.2, 0) is 0 Å². The van der Waals surface area contributed by atoms with Crippen molar-refractivity contribution in [3.63, 3.8) is 0 Å². The zero-order valence-corrected chi connectivity index (χ0v) is 8.72. The van der Waals surface area contributed by atoms with Gasteiger partial charge >= 0.3 is 0 Å². The second-order valence-corrected chi connectivity index (χ2v) is 3.66. The summed E-state index contributed by atoms with van der Waals surface area (Å²) in [4.78, 5) is 9.13. The average molecular weight is 206 g/mol. The molecular weight excluding hydrogens is 196 g/mol. The van der Waals surface area contributed by atoms with E-state index in [0.717, 1.165) is 27.6 Å². The van der Waals surface area contributed by atoms with Gasteiger partial charge in [-0.2, -0.15) is 0 Å². The monoisotopic (exact) mass is 206 g/mol. The molecule has 16 heavy (non-hydrogen) atoms. The molecule has 0 aliphatic heterocycles. The second-order valence-electron chi connectivity index (χ2n) is 3.66. The molecule has 0 saturated heterocycles. The predicted molar refractivity (Wildman–Crippen MR) is 67.1 cm³/mol. The Bertz CT molecular complexity index is 686. The van der Waals surface area contributed by atoms with Crippen LogP contribution < -0.4 is 0 Å². The molecule has 1 aromatic heterocycles. The topological polar surface area (TPSA) is 25.8 Å². The summed E-state index contributed by atoms with van der Waals surface area (Å²) in [6, 6.07) is 13.9. The van der Waals surface area contributed by atoms with Gasteiger partial charge in [0.25, 0.3) is 0 Å². The number of rotatable bonds is 1. The number of hydrogen-bond acceptors (Lipinski definition) is 2. The molecule has 0 aliphatic rings. The quantitative estimate of drug-likeness (QED) is 0.570. The van der Waals surface area contributed by atoms with Crippen molar-refractivity contribution in [2.24, 2.45) is 0 Å². The fourth-order valence-electron chi connectivity index (χ4n) is 1.76. The van der Waals surface area contributed by atoms with Gasteiger partial charge in [0.05, 0.1) is 22.1 Å². The summed E-state index contributed by atoms with van der Waals surface area (Å²) in [7, 11) is 0. The van der Waals surface area contributed by atoms with E-state index in [2.05, 4.69) is 16.5 Å². The van der Waals surface area contributed by atoms with E-state index >= 15 is 0 Å². The third-order valence-corrected chi connectivity index (χ3v) is 2.60. The molecular formula is C14H10N2. The zero-order valence-electron chi connectivity index (χ0n) is 8.72. The lowest BCUT2D eigenvalue weighted by Crippen LogP contribution is -1.87. The molecule has 2 heteroatoms. The number of fused-ring (bicyclic) bond motifs is 2. The maximum absolute atomic E-state index is 4.58. The SMILES string of the molecule is C=Cc1ccc2nc3ccccc3nc2c1. The third-order valence-electron chi connectivity index (χ3n) is 2.60. The molecule has 2 nitrogen and oxygen atoms in total. The highest BCUT2D eigenvalue weighted by Gasteiger charge is 2.00. The summed E-state index contributed by atoms with van der Waals surface area (Å²) in [5.41, 5.74) is 4.76. The van der Waals surface area contributed by atoms with Gasteiger partial charge < -0.3 is 0 Å². The van der Waals surface area contributed by atoms with Gasteiger partial charge in [-0.25, -0.2) is 9.97 Å². The van der Waals surface area contributed by atoms with Gasteiger partial charge in [-0.05, 0) is 29.8 Å². The molecule has 0 aliphatic carbocycles. The highest BCUT2D eigenvalue weighted by molar-refractivity contribution is 5.87. The molecule has 0 saturated carbocycles. The summed E-state index contributed by atoms with van der Waals surface area (Å²) < 4.78 is 0. The van der Waals surface area contributed by atoms with Crippen LogP contribution in [0, 0.1) is 0 Å². The highest BCUT2D eigenvalue weighted by Crippen LogP contribution is 2.17. The fraction of sp³-hybridized carbons (Fsp3) is 0. The first-order valence-electron chi connectivity index (χ1n) is 5.16. The van der Waals surface area contributed by atoms with Crippen molar-refractivity contribution in [3.05, 3.63) is 54.6 Å². The van der Waals surface area contributed by atoms with Crippen molar-refractivity contribution in [1.29, 1.82) is 0 Å². The Morgan fingerprint density at radius 3 is 2.12 bits per heavy atom. The number of benzene rings is 2. The van der Waals surface area contributed by atoms with Gasteiger partial charge in [0.15, 0.2) is 0 Å². The van der Waals surface area contributed by atoms with Crippen LogP contribution in [0.15, 0.2) is 49.0 Å².